The molecular weight excluding hydrogens is 188 g/mol. The molecule has 0 amide bonds. The molecule has 0 fully saturated rings. The number of ether oxygens (including phenoxy) is 1. The largest absolute Gasteiger partial charge is 0.385 e. The summed E-state index contributed by atoms with van der Waals surface area (Å²) in [5.41, 5.74) is 0. The summed E-state index contributed by atoms with van der Waals surface area (Å²) in [5, 5.41) is 3.43. The van der Waals surface area contributed by atoms with Gasteiger partial charge in [0, 0.05) is 19.8 Å². The van der Waals surface area contributed by atoms with Gasteiger partial charge in [0.2, 0.25) is 0 Å². The first-order chi connectivity index (χ1) is 7.16. The fraction of sp³-hybridized carbons (Fsp3) is 1.00. The minimum absolute atomic E-state index is 0.608. The fourth-order valence-corrected chi connectivity index (χ4v) is 1.48. The fourth-order valence-electron chi connectivity index (χ4n) is 1.48. The molecule has 0 aromatic heterocycles. The van der Waals surface area contributed by atoms with Crippen molar-refractivity contribution < 1.29 is 4.74 Å². The molecule has 0 rings (SSSR count). The Morgan fingerprint density at radius 1 is 1.13 bits per heavy atom. The van der Waals surface area contributed by atoms with Crippen LogP contribution in [-0.4, -0.2) is 51.3 Å². The van der Waals surface area contributed by atoms with Crippen molar-refractivity contribution in [2.45, 2.75) is 39.2 Å². The second-order valence-electron chi connectivity index (χ2n) is 4.47. The average Bonchev–Trinajstić information content (AvgIpc) is 2.19. The Bertz CT molecular complexity index is 129. The van der Waals surface area contributed by atoms with Crippen molar-refractivity contribution >= 4 is 0 Å². The molecule has 0 spiro atoms. The molecule has 0 bridgehead atoms. The van der Waals surface area contributed by atoms with E-state index in [4.69, 9.17) is 4.74 Å². The quantitative estimate of drug-likeness (QED) is 0.563. The number of rotatable bonds is 10. The highest BCUT2D eigenvalue weighted by atomic mass is 16.5. The number of hydrogen-bond acceptors (Lipinski definition) is 3. The van der Waals surface area contributed by atoms with Crippen molar-refractivity contribution in [2.75, 3.05) is 40.4 Å². The van der Waals surface area contributed by atoms with Gasteiger partial charge in [0.15, 0.2) is 0 Å². The van der Waals surface area contributed by atoms with E-state index in [0.717, 1.165) is 13.2 Å². The molecule has 0 unspecified atom stereocenters. The summed E-state index contributed by atoms with van der Waals surface area (Å²) in [6, 6.07) is 0.608. The lowest BCUT2D eigenvalue weighted by Crippen LogP contribution is -2.28. The molecule has 0 aromatic carbocycles. The summed E-state index contributed by atoms with van der Waals surface area (Å²) in [6.07, 6.45) is 3.64. The zero-order valence-corrected chi connectivity index (χ0v) is 10.9. The molecule has 0 saturated heterocycles. The lowest BCUT2D eigenvalue weighted by Gasteiger charge is -2.17. The summed E-state index contributed by atoms with van der Waals surface area (Å²) < 4.78 is 5.02. The highest BCUT2D eigenvalue weighted by molar-refractivity contribution is 4.56. The van der Waals surface area contributed by atoms with E-state index in [0.29, 0.717) is 6.04 Å². The van der Waals surface area contributed by atoms with Gasteiger partial charge < -0.3 is 15.0 Å². The Labute approximate surface area is 95.2 Å². The van der Waals surface area contributed by atoms with E-state index in [-0.39, 0.29) is 0 Å². The van der Waals surface area contributed by atoms with Gasteiger partial charge in [-0.25, -0.2) is 0 Å². The van der Waals surface area contributed by atoms with Gasteiger partial charge in [0.1, 0.15) is 0 Å². The van der Waals surface area contributed by atoms with Crippen LogP contribution in [0.4, 0.5) is 0 Å². The number of methoxy groups -OCH3 is 1. The van der Waals surface area contributed by atoms with Crippen LogP contribution in [0.5, 0.6) is 0 Å². The van der Waals surface area contributed by atoms with Gasteiger partial charge >= 0.3 is 0 Å². The van der Waals surface area contributed by atoms with Crippen LogP contribution >= 0.6 is 0 Å². The first kappa shape index (κ1) is 14.9. The minimum Gasteiger partial charge on any atom is -0.385 e. The van der Waals surface area contributed by atoms with Crippen molar-refractivity contribution in [3.8, 4) is 0 Å². The van der Waals surface area contributed by atoms with E-state index in [2.05, 4.69) is 31.1 Å². The summed E-state index contributed by atoms with van der Waals surface area (Å²) in [7, 11) is 3.96. The molecule has 3 nitrogen and oxygen atoms in total. The van der Waals surface area contributed by atoms with Crippen molar-refractivity contribution in [2.24, 2.45) is 0 Å². The third-order valence-corrected chi connectivity index (χ3v) is 2.41. The topological polar surface area (TPSA) is 24.5 Å². The molecule has 0 atom stereocenters. The molecule has 1 N–H and O–H groups in total. The van der Waals surface area contributed by atoms with E-state index in [1.807, 2.05) is 0 Å². The van der Waals surface area contributed by atoms with Crippen molar-refractivity contribution in [3.05, 3.63) is 0 Å². The van der Waals surface area contributed by atoms with Crippen molar-refractivity contribution in [1.82, 2.24) is 10.2 Å². The molecular formula is C12H28N2O. The maximum absolute atomic E-state index is 5.02. The molecule has 0 heterocycles. The lowest BCUT2D eigenvalue weighted by molar-refractivity contribution is 0.187. The SMILES string of the molecule is COCCCCN(C)CCCNC(C)C. The molecule has 0 radical (unpaired) electrons. The van der Waals surface area contributed by atoms with Gasteiger partial charge in [-0.1, -0.05) is 13.8 Å². The van der Waals surface area contributed by atoms with Gasteiger partial charge in [0.05, 0.1) is 0 Å². The average molecular weight is 216 g/mol. The van der Waals surface area contributed by atoms with E-state index in [1.165, 1.54) is 32.4 Å². The van der Waals surface area contributed by atoms with Crippen LogP contribution in [-0.2, 0) is 4.74 Å². The minimum atomic E-state index is 0.608. The van der Waals surface area contributed by atoms with E-state index < -0.39 is 0 Å². The maximum Gasteiger partial charge on any atom is 0.0462 e. The number of nitrogens with one attached hydrogen (secondary N) is 1. The molecule has 0 aliphatic carbocycles. The van der Waals surface area contributed by atoms with Crippen LogP contribution in [0.15, 0.2) is 0 Å². The summed E-state index contributed by atoms with van der Waals surface area (Å²) in [4.78, 5) is 2.40. The third kappa shape index (κ3) is 11.8. The predicted molar refractivity (Wildman–Crippen MR) is 66.4 cm³/mol. The van der Waals surface area contributed by atoms with Crippen molar-refractivity contribution in [1.29, 1.82) is 0 Å². The number of unbranched alkanes of at least 4 members (excludes halogenated alkanes) is 1. The molecule has 3 heteroatoms. The molecule has 0 aromatic rings. The summed E-state index contributed by atoms with van der Waals surface area (Å²) in [5.74, 6) is 0. The Balaban J connectivity index is 3.15. The Kier molecular flexibility index (Phi) is 10.3. The van der Waals surface area contributed by atoms with Crippen molar-refractivity contribution in [3.63, 3.8) is 0 Å². The molecule has 15 heavy (non-hydrogen) atoms. The number of hydrogen-bond donors (Lipinski definition) is 1. The van der Waals surface area contributed by atoms with Gasteiger partial charge in [-0.3, -0.25) is 0 Å². The Hall–Kier alpha value is -0.120. The van der Waals surface area contributed by atoms with E-state index in [1.54, 1.807) is 7.11 Å². The Morgan fingerprint density at radius 2 is 1.80 bits per heavy atom. The number of nitrogens with zero attached hydrogens (tertiary/aromatic N) is 1. The first-order valence-corrected chi connectivity index (χ1v) is 6.07. The van der Waals surface area contributed by atoms with Crippen LogP contribution in [0.1, 0.15) is 33.1 Å². The normalized spacial score (nSPS) is 11.6. The highest BCUT2D eigenvalue weighted by Crippen LogP contribution is 1.94. The molecule has 0 aliphatic heterocycles. The van der Waals surface area contributed by atoms with E-state index >= 15 is 0 Å². The molecule has 0 saturated carbocycles. The Morgan fingerprint density at radius 3 is 2.40 bits per heavy atom. The first-order valence-electron chi connectivity index (χ1n) is 6.07. The van der Waals surface area contributed by atoms with Gasteiger partial charge in [-0.2, -0.15) is 0 Å². The van der Waals surface area contributed by atoms with Crippen LogP contribution in [0, 0.1) is 0 Å². The highest BCUT2D eigenvalue weighted by Gasteiger charge is 1.98. The van der Waals surface area contributed by atoms with Crippen LogP contribution in [0.25, 0.3) is 0 Å². The van der Waals surface area contributed by atoms with Gasteiger partial charge in [0.25, 0.3) is 0 Å². The lowest BCUT2D eigenvalue weighted by atomic mass is 10.3. The second kappa shape index (κ2) is 10.4. The monoisotopic (exact) mass is 216 g/mol. The van der Waals surface area contributed by atoms with Crippen LogP contribution in [0.2, 0.25) is 0 Å². The summed E-state index contributed by atoms with van der Waals surface area (Å²) >= 11 is 0. The zero-order valence-electron chi connectivity index (χ0n) is 10.9. The third-order valence-electron chi connectivity index (χ3n) is 2.41. The standard InChI is InChI=1S/C12H28N2O/c1-12(2)13-8-7-10-14(3)9-5-6-11-15-4/h12-13H,5-11H2,1-4H3. The van der Waals surface area contributed by atoms with Gasteiger partial charge in [-0.05, 0) is 45.9 Å². The van der Waals surface area contributed by atoms with Gasteiger partial charge in [-0.15, -0.1) is 0 Å². The van der Waals surface area contributed by atoms with Crippen LogP contribution < -0.4 is 5.32 Å². The second-order valence-corrected chi connectivity index (χ2v) is 4.47. The molecule has 92 valence electrons. The maximum atomic E-state index is 5.02. The van der Waals surface area contributed by atoms with E-state index in [9.17, 15) is 0 Å². The zero-order chi connectivity index (χ0) is 11.5. The predicted octanol–water partition coefficient (Wildman–Crippen LogP) is 1.73. The molecule has 0 aliphatic rings. The van der Waals surface area contributed by atoms with Crippen LogP contribution in [0.3, 0.4) is 0 Å². The summed E-state index contributed by atoms with van der Waals surface area (Å²) in [6.45, 7) is 8.77. The smallest absolute Gasteiger partial charge is 0.0462 e.